The van der Waals surface area contributed by atoms with Gasteiger partial charge >= 0.3 is 0 Å². The van der Waals surface area contributed by atoms with Gasteiger partial charge in [0.05, 0.1) is 0 Å². The molecule has 5 aliphatic carbocycles. The zero-order valence-electron chi connectivity index (χ0n) is 36.1. The molecule has 0 saturated heterocycles. The van der Waals surface area contributed by atoms with Crippen molar-refractivity contribution in [2.75, 3.05) is 0 Å². The molecule has 286 valence electrons. The lowest BCUT2D eigenvalue weighted by atomic mass is 9.46. The average molecular weight is 688 g/mol. The van der Waals surface area contributed by atoms with Gasteiger partial charge in [0.1, 0.15) is 0 Å². The van der Waals surface area contributed by atoms with E-state index < -0.39 is 0 Å². The molecule has 5 aliphatic rings. The molecule has 0 aromatic heterocycles. The van der Waals surface area contributed by atoms with Crippen molar-refractivity contribution < 1.29 is 0 Å². The third kappa shape index (κ3) is 10.2. The van der Waals surface area contributed by atoms with Crippen molar-refractivity contribution in [3.63, 3.8) is 0 Å². The van der Waals surface area contributed by atoms with E-state index in [4.69, 9.17) is 0 Å². The highest BCUT2D eigenvalue weighted by Gasteiger charge is 2.66. The van der Waals surface area contributed by atoms with E-state index in [0.717, 1.165) is 17.8 Å². The summed E-state index contributed by atoms with van der Waals surface area (Å²) in [5.74, 6) is 3.24. The molecule has 6 rings (SSSR count). The summed E-state index contributed by atoms with van der Waals surface area (Å²) in [6.07, 6.45) is 31.3. The predicted molar refractivity (Wildman–Crippen MR) is 231 cm³/mol. The number of fused-ring (bicyclic) bond motifs is 1. The Hall–Kier alpha value is -1.89. The summed E-state index contributed by atoms with van der Waals surface area (Å²) >= 11 is 0. The standard InChI is InChI=1S/C31H40.C10H21N.4C2H6/c1-4-8-23-10-11-24(19-22(23)5-2)27-12-13-28-29(27,3)16-14-26-20-25-9-6-7-15-30(25)17-18-31(26,28)21-30;1-5-7-10(6-2)8-11-9(3)4;4*1-2/h4-5,8,10-11,19-20,26-28H,2,6-7,9,12-18,21H2,1,3H3;8-10H,5-7H2,1-4H3;4*1-2H3/b8-4-;;;;;. The fraction of sp³-hybridized carbons (Fsp3) is 0.735. The Morgan fingerprint density at radius 1 is 0.880 bits per heavy atom. The van der Waals surface area contributed by atoms with Gasteiger partial charge in [-0.2, -0.15) is 0 Å². The van der Waals surface area contributed by atoms with E-state index in [-0.39, 0.29) is 0 Å². The van der Waals surface area contributed by atoms with Crippen LogP contribution < -0.4 is 0 Å². The lowest BCUT2D eigenvalue weighted by molar-refractivity contribution is -0.0486. The molecule has 2 bridgehead atoms. The molecule has 4 saturated carbocycles. The molecule has 7 atom stereocenters. The number of benzene rings is 1. The van der Waals surface area contributed by atoms with Crippen LogP contribution in [0.2, 0.25) is 0 Å². The van der Waals surface area contributed by atoms with Crippen LogP contribution in [0, 0.1) is 34.0 Å². The maximum Gasteiger partial charge on any atom is 0.0439 e. The molecular formula is C49H85N. The topological polar surface area (TPSA) is 12.4 Å². The molecule has 0 radical (unpaired) electrons. The number of nitrogens with zero attached hydrogens (tertiary/aromatic N) is 1. The maximum absolute atomic E-state index is 4.39. The number of hydrogen-bond acceptors (Lipinski definition) is 1. The molecule has 0 amide bonds. The van der Waals surface area contributed by atoms with Gasteiger partial charge in [-0.3, -0.25) is 4.99 Å². The van der Waals surface area contributed by atoms with E-state index >= 15 is 0 Å². The quantitative estimate of drug-likeness (QED) is 0.190. The van der Waals surface area contributed by atoms with Crippen molar-refractivity contribution >= 4 is 18.4 Å². The van der Waals surface area contributed by atoms with E-state index in [1.54, 1.807) is 12.0 Å². The summed E-state index contributed by atoms with van der Waals surface area (Å²) in [5, 5.41) is 0. The molecule has 50 heavy (non-hydrogen) atoms. The lowest BCUT2D eigenvalue weighted by Crippen LogP contribution is -2.50. The normalized spacial score (nSPS) is 30.5. The van der Waals surface area contributed by atoms with Gasteiger partial charge in [-0.1, -0.05) is 144 Å². The molecule has 1 nitrogen and oxygen atoms in total. The molecule has 1 aromatic rings. The van der Waals surface area contributed by atoms with Gasteiger partial charge in [-0.25, -0.2) is 0 Å². The molecule has 0 aliphatic heterocycles. The van der Waals surface area contributed by atoms with Gasteiger partial charge in [0.15, 0.2) is 0 Å². The van der Waals surface area contributed by atoms with Crippen LogP contribution in [0.3, 0.4) is 0 Å². The molecular weight excluding hydrogens is 603 g/mol. The van der Waals surface area contributed by atoms with Crippen LogP contribution in [0.1, 0.15) is 209 Å². The summed E-state index contributed by atoms with van der Waals surface area (Å²) < 4.78 is 0. The van der Waals surface area contributed by atoms with Crippen molar-refractivity contribution in [1.29, 1.82) is 0 Å². The summed E-state index contributed by atoms with van der Waals surface area (Å²) in [6.45, 7) is 33.6. The molecule has 4 fully saturated rings. The molecule has 0 N–H and O–H groups in total. The first-order valence-electron chi connectivity index (χ1n) is 21.9. The van der Waals surface area contributed by atoms with Crippen LogP contribution >= 0.6 is 0 Å². The van der Waals surface area contributed by atoms with E-state index in [9.17, 15) is 0 Å². The highest BCUT2D eigenvalue weighted by Crippen LogP contribution is 2.76. The highest BCUT2D eigenvalue weighted by molar-refractivity contribution is 5.65. The highest BCUT2D eigenvalue weighted by atomic mass is 14.7. The fourth-order valence-corrected chi connectivity index (χ4v) is 10.8. The van der Waals surface area contributed by atoms with Crippen molar-refractivity contribution in [3.05, 3.63) is 59.2 Å². The van der Waals surface area contributed by atoms with E-state index in [0.29, 0.717) is 28.2 Å². The maximum atomic E-state index is 4.39. The van der Waals surface area contributed by atoms with Gasteiger partial charge in [0.25, 0.3) is 0 Å². The number of aliphatic imine (C=N–C) groups is 1. The van der Waals surface area contributed by atoms with E-state index in [2.05, 4.69) is 102 Å². The molecule has 0 heterocycles. The zero-order chi connectivity index (χ0) is 38.0. The van der Waals surface area contributed by atoms with Crippen LogP contribution in [0.25, 0.3) is 12.2 Å². The monoisotopic (exact) mass is 688 g/mol. The van der Waals surface area contributed by atoms with Crippen molar-refractivity contribution in [2.45, 2.75) is 199 Å². The minimum absolute atomic E-state index is 0.459. The van der Waals surface area contributed by atoms with Gasteiger partial charge < -0.3 is 0 Å². The summed E-state index contributed by atoms with van der Waals surface area (Å²) in [6, 6.07) is 7.72. The Morgan fingerprint density at radius 2 is 1.58 bits per heavy atom. The minimum atomic E-state index is 0.459. The first kappa shape index (κ1) is 46.1. The molecule has 2 spiro atoms. The Bertz CT molecular complexity index is 1180. The Balaban J connectivity index is 0.000000559. The molecule has 1 aromatic carbocycles. The van der Waals surface area contributed by atoms with Gasteiger partial charge in [-0.15, -0.1) is 0 Å². The second-order valence-corrected chi connectivity index (χ2v) is 15.4. The second-order valence-electron chi connectivity index (χ2n) is 15.4. The van der Waals surface area contributed by atoms with Crippen LogP contribution in [0.5, 0.6) is 0 Å². The van der Waals surface area contributed by atoms with Crippen molar-refractivity contribution in [3.8, 4) is 0 Å². The van der Waals surface area contributed by atoms with Crippen LogP contribution in [-0.2, 0) is 0 Å². The SMILES string of the molecule is C=Cc1cc(C2CCC3C2(C)CCC2C=C4CCCCC45CCC23C5)ccc1/C=C\C.CC.CC.CC.CC.CCCC(C=NC(C)C)CC. The van der Waals surface area contributed by atoms with Crippen molar-refractivity contribution in [1.82, 2.24) is 0 Å². The van der Waals surface area contributed by atoms with E-state index in [1.807, 2.05) is 61.0 Å². The Labute approximate surface area is 314 Å². The average Bonchev–Trinajstić information content (AvgIpc) is 3.68. The number of hydrogen-bond donors (Lipinski definition) is 0. The van der Waals surface area contributed by atoms with Gasteiger partial charge in [0, 0.05) is 12.3 Å². The minimum Gasteiger partial charge on any atom is -0.295 e. The van der Waals surface area contributed by atoms with Crippen LogP contribution in [-0.4, -0.2) is 12.3 Å². The number of rotatable bonds is 8. The van der Waals surface area contributed by atoms with Crippen LogP contribution in [0.15, 0.2) is 47.5 Å². The fourth-order valence-electron chi connectivity index (χ4n) is 10.8. The predicted octanol–water partition coefficient (Wildman–Crippen LogP) is 16.3. The Kier molecular flexibility index (Phi) is 21.1. The molecule has 1 heteroatoms. The summed E-state index contributed by atoms with van der Waals surface area (Å²) in [7, 11) is 0. The van der Waals surface area contributed by atoms with Gasteiger partial charge in [0.2, 0.25) is 0 Å². The first-order chi connectivity index (χ1) is 24.2. The van der Waals surface area contributed by atoms with Crippen molar-refractivity contribution in [2.24, 2.45) is 39.0 Å². The van der Waals surface area contributed by atoms with Gasteiger partial charge in [-0.05, 0) is 154 Å². The smallest absolute Gasteiger partial charge is 0.0439 e. The third-order valence-electron chi connectivity index (χ3n) is 12.8. The second kappa shape index (κ2) is 22.9. The van der Waals surface area contributed by atoms with Crippen LogP contribution in [0.4, 0.5) is 0 Å². The zero-order valence-corrected chi connectivity index (χ0v) is 36.1. The largest absolute Gasteiger partial charge is 0.295 e. The summed E-state index contributed by atoms with van der Waals surface area (Å²) in [4.78, 5) is 4.39. The van der Waals surface area contributed by atoms with E-state index in [1.165, 1.54) is 94.6 Å². The lowest BCUT2D eigenvalue weighted by Gasteiger charge is -2.58. The Morgan fingerprint density at radius 3 is 2.18 bits per heavy atom. The summed E-state index contributed by atoms with van der Waals surface area (Å²) in [5.41, 5.74) is 7.82. The molecule has 7 unspecified atom stereocenters. The first-order valence-corrected chi connectivity index (χ1v) is 21.9. The number of allylic oxidation sites excluding steroid dienone is 3. The third-order valence-corrected chi connectivity index (χ3v) is 12.8.